The largest absolute Gasteiger partial charge is 0.508 e. The fourth-order valence-corrected chi connectivity index (χ4v) is 4.65. The van der Waals surface area contributed by atoms with E-state index in [1.807, 2.05) is 44.2 Å². The quantitative estimate of drug-likeness (QED) is 0.155. The van der Waals surface area contributed by atoms with Crippen LogP contribution in [0.25, 0.3) is 0 Å². The van der Waals surface area contributed by atoms with E-state index in [-0.39, 0.29) is 30.6 Å². The highest BCUT2D eigenvalue weighted by molar-refractivity contribution is 6.01. The van der Waals surface area contributed by atoms with Crippen LogP contribution in [0.2, 0.25) is 0 Å². The minimum Gasteiger partial charge on any atom is -0.508 e. The third-order valence-electron chi connectivity index (χ3n) is 7.58. The van der Waals surface area contributed by atoms with Gasteiger partial charge in [0.15, 0.2) is 0 Å². The molecule has 0 heterocycles. The Morgan fingerprint density at radius 3 is 2.07 bits per heavy atom. The zero-order valence-corrected chi connectivity index (χ0v) is 26.7. The number of imide groups is 1. The lowest BCUT2D eigenvalue weighted by Crippen LogP contribution is -2.58. The van der Waals surface area contributed by atoms with Crippen molar-refractivity contribution in [1.29, 1.82) is 0 Å². The first-order valence-corrected chi connectivity index (χ1v) is 15.7. The summed E-state index contributed by atoms with van der Waals surface area (Å²) in [7, 11) is 0. The molecule has 10 nitrogen and oxygen atoms in total. The predicted octanol–water partition coefficient (Wildman–Crippen LogP) is 4.60. The van der Waals surface area contributed by atoms with Gasteiger partial charge in [-0.3, -0.25) is 19.7 Å². The fraction of sp³-hybridized carbons (Fsp3) is 0.529. The molecule has 242 valence electrons. The number of alkyl carbamates (subject to hydrolysis) is 1. The van der Waals surface area contributed by atoms with Crippen molar-refractivity contribution in [2.45, 2.75) is 97.9 Å². The summed E-state index contributed by atoms with van der Waals surface area (Å²) in [5.41, 5.74) is 1.47. The number of phenols is 1. The van der Waals surface area contributed by atoms with Crippen LogP contribution >= 0.6 is 0 Å². The monoisotopic (exact) mass is 610 g/mol. The van der Waals surface area contributed by atoms with Crippen LogP contribution in [-0.2, 0) is 32.1 Å². The van der Waals surface area contributed by atoms with Crippen LogP contribution in [0.1, 0.15) is 77.8 Å². The van der Waals surface area contributed by atoms with E-state index in [1.54, 1.807) is 26.0 Å². The first kappa shape index (κ1) is 36.3. The molecule has 2 aromatic rings. The lowest BCUT2D eigenvalue weighted by atomic mass is 9.97. The molecule has 0 saturated heterocycles. The fourth-order valence-electron chi connectivity index (χ4n) is 4.65. The van der Waals surface area contributed by atoms with E-state index in [0.717, 1.165) is 37.7 Å². The number of amides is 4. The molecule has 0 saturated carbocycles. The lowest BCUT2D eigenvalue weighted by Gasteiger charge is -2.27. The molecule has 44 heavy (non-hydrogen) atoms. The first-order chi connectivity index (χ1) is 21.0. The van der Waals surface area contributed by atoms with Gasteiger partial charge in [-0.2, -0.15) is 0 Å². The van der Waals surface area contributed by atoms with Crippen molar-refractivity contribution < 1.29 is 29.0 Å². The SMILES string of the molecule is CCCCCCN[C@H](C(=O)NC(=O)[C@H](Cc1ccc(O)cc1)NC(=O)[C@@H](NC(=O)OCc1ccccc1)C(C)C)[C@@H](C)CC. The maximum Gasteiger partial charge on any atom is 0.408 e. The van der Waals surface area contributed by atoms with Gasteiger partial charge in [0.1, 0.15) is 24.4 Å². The third kappa shape index (κ3) is 12.8. The molecule has 2 rings (SSSR count). The second-order valence-electron chi connectivity index (χ2n) is 11.6. The Morgan fingerprint density at radius 2 is 1.45 bits per heavy atom. The number of aromatic hydroxyl groups is 1. The minimum absolute atomic E-state index is 0.0180. The topological polar surface area (TPSA) is 146 Å². The van der Waals surface area contributed by atoms with Crippen molar-refractivity contribution >= 4 is 23.8 Å². The van der Waals surface area contributed by atoms with Crippen molar-refractivity contribution in [2.75, 3.05) is 6.54 Å². The van der Waals surface area contributed by atoms with Crippen molar-refractivity contribution in [3.8, 4) is 5.75 Å². The summed E-state index contributed by atoms with van der Waals surface area (Å²) >= 11 is 0. The molecule has 0 fully saturated rings. The summed E-state index contributed by atoms with van der Waals surface area (Å²) < 4.78 is 5.30. The second kappa shape index (κ2) is 19.4. The van der Waals surface area contributed by atoms with Crippen LogP contribution in [-0.4, -0.2) is 53.6 Å². The van der Waals surface area contributed by atoms with Crippen LogP contribution in [0.15, 0.2) is 54.6 Å². The smallest absolute Gasteiger partial charge is 0.408 e. The number of unbranched alkanes of at least 4 members (excludes halogenated alkanes) is 3. The molecule has 0 bridgehead atoms. The van der Waals surface area contributed by atoms with Gasteiger partial charge in [0.2, 0.25) is 17.7 Å². The van der Waals surface area contributed by atoms with E-state index in [2.05, 4.69) is 28.2 Å². The Morgan fingerprint density at radius 1 is 0.773 bits per heavy atom. The summed E-state index contributed by atoms with van der Waals surface area (Å²) in [6.07, 6.45) is 4.26. The number of phenolic OH excluding ortho intramolecular Hbond substituents is 1. The molecule has 0 spiro atoms. The van der Waals surface area contributed by atoms with Gasteiger partial charge in [-0.05, 0) is 48.1 Å². The van der Waals surface area contributed by atoms with E-state index in [9.17, 15) is 24.3 Å². The zero-order chi connectivity index (χ0) is 32.5. The summed E-state index contributed by atoms with van der Waals surface area (Å²) in [5, 5.41) is 20.9. The van der Waals surface area contributed by atoms with Crippen molar-refractivity contribution in [2.24, 2.45) is 11.8 Å². The highest BCUT2D eigenvalue weighted by Crippen LogP contribution is 2.14. The zero-order valence-electron chi connectivity index (χ0n) is 26.7. The number of carbonyl (C=O) groups is 4. The maximum absolute atomic E-state index is 13.5. The molecule has 2 aromatic carbocycles. The number of hydrogen-bond donors (Lipinski definition) is 5. The van der Waals surface area contributed by atoms with Crippen molar-refractivity contribution in [3.05, 3.63) is 65.7 Å². The second-order valence-corrected chi connectivity index (χ2v) is 11.6. The molecular weight excluding hydrogens is 560 g/mol. The minimum atomic E-state index is -1.12. The molecule has 0 aliphatic rings. The Hall–Kier alpha value is -3.92. The summed E-state index contributed by atoms with van der Waals surface area (Å²) in [6, 6.07) is 12.7. The van der Waals surface area contributed by atoms with Gasteiger partial charge in [0.05, 0.1) is 6.04 Å². The van der Waals surface area contributed by atoms with E-state index >= 15 is 0 Å². The number of hydrogen-bond acceptors (Lipinski definition) is 7. The number of benzene rings is 2. The molecule has 5 N–H and O–H groups in total. The maximum atomic E-state index is 13.5. The normalized spacial score (nSPS) is 13.8. The van der Waals surface area contributed by atoms with Gasteiger partial charge in [0.25, 0.3) is 0 Å². The van der Waals surface area contributed by atoms with Gasteiger partial charge >= 0.3 is 6.09 Å². The number of nitrogens with one attached hydrogen (secondary N) is 4. The number of ether oxygens (including phenoxy) is 1. The van der Waals surface area contributed by atoms with Crippen LogP contribution in [0, 0.1) is 11.8 Å². The Labute approximate surface area is 261 Å². The van der Waals surface area contributed by atoms with E-state index in [0.29, 0.717) is 12.1 Å². The van der Waals surface area contributed by atoms with Gasteiger partial charge < -0.3 is 25.8 Å². The highest BCUT2D eigenvalue weighted by atomic mass is 16.5. The number of carbonyl (C=O) groups excluding carboxylic acids is 4. The van der Waals surface area contributed by atoms with Gasteiger partial charge in [-0.15, -0.1) is 0 Å². The Kier molecular flexibility index (Phi) is 16.0. The standard InChI is InChI=1S/C34H50N4O6/c1-6-8-9-13-20-35-30(24(5)7-2)33(42)38-31(40)28(21-25-16-18-27(39)19-17-25)36-32(41)29(23(3)4)37-34(43)44-22-26-14-11-10-12-15-26/h10-12,14-19,23-24,28-30,35,39H,6-9,13,20-22H2,1-5H3,(H,36,41)(H,37,43)(H,38,40,42)/t24-,28-,29-,30-/m0/s1. The van der Waals surface area contributed by atoms with Crippen LogP contribution in [0.3, 0.4) is 0 Å². The predicted molar refractivity (Wildman–Crippen MR) is 171 cm³/mol. The lowest BCUT2D eigenvalue weighted by molar-refractivity contribution is -0.136. The van der Waals surface area contributed by atoms with Gasteiger partial charge in [0, 0.05) is 6.42 Å². The van der Waals surface area contributed by atoms with Crippen molar-refractivity contribution in [3.63, 3.8) is 0 Å². The van der Waals surface area contributed by atoms with Gasteiger partial charge in [-0.1, -0.05) is 103 Å². The molecule has 0 radical (unpaired) electrons. The van der Waals surface area contributed by atoms with E-state index < -0.39 is 41.9 Å². The molecule has 4 amide bonds. The summed E-state index contributed by atoms with van der Waals surface area (Å²) in [4.78, 5) is 52.9. The first-order valence-electron chi connectivity index (χ1n) is 15.7. The van der Waals surface area contributed by atoms with Crippen LogP contribution in [0.4, 0.5) is 4.79 Å². The Bertz CT molecular complexity index is 1170. The molecule has 0 aromatic heterocycles. The van der Waals surface area contributed by atoms with E-state index in [4.69, 9.17) is 4.74 Å². The highest BCUT2D eigenvalue weighted by Gasteiger charge is 2.32. The van der Waals surface area contributed by atoms with Crippen LogP contribution in [0.5, 0.6) is 5.75 Å². The number of rotatable bonds is 18. The summed E-state index contributed by atoms with van der Waals surface area (Å²) in [6.45, 7) is 10.3. The average Bonchev–Trinajstić information content (AvgIpc) is 3.01. The average molecular weight is 611 g/mol. The van der Waals surface area contributed by atoms with Gasteiger partial charge in [-0.25, -0.2) is 4.79 Å². The Balaban J connectivity index is 2.15. The van der Waals surface area contributed by atoms with E-state index in [1.165, 1.54) is 12.1 Å². The summed E-state index contributed by atoms with van der Waals surface area (Å²) in [5.74, 6) is -1.98. The molecule has 0 aliphatic carbocycles. The molecule has 4 atom stereocenters. The van der Waals surface area contributed by atoms with Crippen LogP contribution < -0.4 is 21.3 Å². The molecule has 0 aliphatic heterocycles. The molecule has 0 unspecified atom stereocenters. The third-order valence-corrected chi connectivity index (χ3v) is 7.58. The van der Waals surface area contributed by atoms with Crippen molar-refractivity contribution in [1.82, 2.24) is 21.3 Å². The molecular formula is C34H50N4O6. The molecule has 10 heteroatoms.